The van der Waals surface area contributed by atoms with E-state index in [2.05, 4.69) is 34.9 Å². The minimum atomic E-state index is 0.424. The molecule has 3 heteroatoms. The summed E-state index contributed by atoms with van der Waals surface area (Å²) in [5.41, 5.74) is 6.72. The number of nitrogens with two attached hydrogens (primary N) is 1. The number of benzene rings is 1. The molecule has 80 valence electrons. The van der Waals surface area contributed by atoms with Crippen molar-refractivity contribution in [1.29, 1.82) is 0 Å². The second kappa shape index (κ2) is 4.45. The van der Waals surface area contributed by atoms with Crippen LogP contribution in [0.25, 0.3) is 10.9 Å². The van der Waals surface area contributed by atoms with E-state index in [1.54, 1.807) is 0 Å². The summed E-state index contributed by atoms with van der Waals surface area (Å²) in [5.74, 6) is 0. The zero-order valence-electron chi connectivity index (χ0n) is 9.06. The molecule has 15 heavy (non-hydrogen) atoms. The third-order valence-electron chi connectivity index (χ3n) is 2.75. The van der Waals surface area contributed by atoms with Crippen molar-refractivity contribution < 1.29 is 0 Å². The lowest BCUT2D eigenvalue weighted by Gasteiger charge is -2.12. The van der Waals surface area contributed by atoms with Crippen LogP contribution in [0, 0.1) is 0 Å². The highest BCUT2D eigenvalue weighted by atomic mass is 15.3. The Morgan fingerprint density at radius 3 is 3.00 bits per heavy atom. The second-order valence-corrected chi connectivity index (χ2v) is 3.93. The predicted octanol–water partition coefficient (Wildman–Crippen LogP) is 2.34. The molecule has 2 aromatic rings. The molecule has 0 fully saturated rings. The van der Waals surface area contributed by atoms with E-state index >= 15 is 0 Å². The van der Waals surface area contributed by atoms with Crippen LogP contribution in [0.15, 0.2) is 30.5 Å². The Morgan fingerprint density at radius 1 is 1.40 bits per heavy atom. The van der Waals surface area contributed by atoms with Crippen LogP contribution in [0.3, 0.4) is 0 Å². The standard InChI is InChI=1S/C12H17N3/c1-10(5-4-8-13)15-12-7-3-2-6-11(12)9-14-15/h2-3,6-7,9-10H,4-5,8,13H2,1H3. The van der Waals surface area contributed by atoms with Gasteiger partial charge in [0.25, 0.3) is 0 Å². The number of hydrogen-bond acceptors (Lipinski definition) is 2. The lowest BCUT2D eigenvalue weighted by Crippen LogP contribution is -2.09. The topological polar surface area (TPSA) is 43.8 Å². The van der Waals surface area contributed by atoms with Crippen LogP contribution in [0.5, 0.6) is 0 Å². The van der Waals surface area contributed by atoms with Gasteiger partial charge in [-0.05, 0) is 32.4 Å². The first kappa shape index (κ1) is 10.2. The van der Waals surface area contributed by atoms with Gasteiger partial charge in [0.15, 0.2) is 0 Å². The van der Waals surface area contributed by atoms with Gasteiger partial charge in [0, 0.05) is 11.4 Å². The largest absolute Gasteiger partial charge is 0.330 e. The Morgan fingerprint density at radius 2 is 2.20 bits per heavy atom. The van der Waals surface area contributed by atoms with Gasteiger partial charge >= 0.3 is 0 Å². The zero-order chi connectivity index (χ0) is 10.7. The molecule has 2 N–H and O–H groups in total. The first-order chi connectivity index (χ1) is 7.33. The Hall–Kier alpha value is -1.35. The van der Waals surface area contributed by atoms with E-state index in [4.69, 9.17) is 5.73 Å². The van der Waals surface area contributed by atoms with Gasteiger partial charge in [0.2, 0.25) is 0 Å². The molecule has 0 amide bonds. The molecule has 1 heterocycles. The van der Waals surface area contributed by atoms with Crippen molar-refractivity contribution in [2.45, 2.75) is 25.8 Å². The summed E-state index contributed by atoms with van der Waals surface area (Å²) in [6.45, 7) is 2.94. The summed E-state index contributed by atoms with van der Waals surface area (Å²) < 4.78 is 2.09. The molecule has 1 unspecified atom stereocenters. The molecule has 1 atom stereocenters. The number of hydrogen-bond donors (Lipinski definition) is 1. The smallest absolute Gasteiger partial charge is 0.0685 e. The first-order valence-electron chi connectivity index (χ1n) is 5.45. The molecule has 0 radical (unpaired) electrons. The number of nitrogens with zero attached hydrogens (tertiary/aromatic N) is 2. The summed E-state index contributed by atoms with van der Waals surface area (Å²) in [4.78, 5) is 0. The summed E-state index contributed by atoms with van der Waals surface area (Å²) >= 11 is 0. The summed E-state index contributed by atoms with van der Waals surface area (Å²) in [7, 11) is 0. The van der Waals surface area contributed by atoms with Gasteiger partial charge in [-0.1, -0.05) is 18.2 Å². The van der Waals surface area contributed by atoms with Crippen molar-refractivity contribution in [3.05, 3.63) is 30.5 Å². The van der Waals surface area contributed by atoms with Crippen molar-refractivity contribution in [2.75, 3.05) is 6.54 Å². The maximum absolute atomic E-state index is 5.51. The molecule has 0 aliphatic rings. The SMILES string of the molecule is CC(CCCN)n1ncc2ccccc21. The van der Waals surface area contributed by atoms with Gasteiger partial charge in [0.1, 0.15) is 0 Å². The van der Waals surface area contributed by atoms with E-state index in [9.17, 15) is 0 Å². The average Bonchev–Trinajstić information content (AvgIpc) is 2.69. The third kappa shape index (κ3) is 2.02. The molecule has 0 aliphatic heterocycles. The molecule has 0 saturated carbocycles. The molecule has 0 aliphatic carbocycles. The van der Waals surface area contributed by atoms with E-state index in [1.165, 1.54) is 10.9 Å². The Kier molecular flexibility index (Phi) is 3.02. The molecular formula is C12H17N3. The fourth-order valence-corrected chi connectivity index (χ4v) is 1.88. The highest BCUT2D eigenvalue weighted by Gasteiger charge is 2.08. The van der Waals surface area contributed by atoms with E-state index < -0.39 is 0 Å². The lowest BCUT2D eigenvalue weighted by atomic mass is 10.2. The quantitative estimate of drug-likeness (QED) is 0.828. The maximum atomic E-state index is 5.51. The van der Waals surface area contributed by atoms with Crippen molar-refractivity contribution in [3.8, 4) is 0 Å². The number of fused-ring (bicyclic) bond motifs is 1. The van der Waals surface area contributed by atoms with E-state index in [0.717, 1.165) is 19.4 Å². The second-order valence-electron chi connectivity index (χ2n) is 3.93. The zero-order valence-corrected chi connectivity index (χ0v) is 9.06. The highest BCUT2D eigenvalue weighted by molar-refractivity contribution is 5.78. The average molecular weight is 203 g/mol. The van der Waals surface area contributed by atoms with Gasteiger partial charge in [0.05, 0.1) is 11.7 Å². The highest BCUT2D eigenvalue weighted by Crippen LogP contribution is 2.19. The van der Waals surface area contributed by atoms with Crippen molar-refractivity contribution in [2.24, 2.45) is 5.73 Å². The van der Waals surface area contributed by atoms with Gasteiger partial charge in [-0.3, -0.25) is 4.68 Å². The minimum absolute atomic E-state index is 0.424. The normalized spacial score (nSPS) is 13.2. The van der Waals surface area contributed by atoms with Crippen molar-refractivity contribution in [3.63, 3.8) is 0 Å². The Bertz CT molecular complexity index is 433. The van der Waals surface area contributed by atoms with Crippen LogP contribution in [0.1, 0.15) is 25.8 Å². The van der Waals surface area contributed by atoms with Crippen LogP contribution in [-0.2, 0) is 0 Å². The van der Waals surface area contributed by atoms with E-state index in [1.807, 2.05) is 12.3 Å². The Labute approximate surface area is 89.9 Å². The van der Waals surface area contributed by atoms with E-state index in [-0.39, 0.29) is 0 Å². The summed E-state index contributed by atoms with van der Waals surface area (Å²) in [5, 5.41) is 5.63. The van der Waals surface area contributed by atoms with Crippen molar-refractivity contribution >= 4 is 10.9 Å². The first-order valence-corrected chi connectivity index (χ1v) is 5.45. The molecule has 1 aromatic carbocycles. The summed E-state index contributed by atoms with van der Waals surface area (Å²) in [6, 6.07) is 8.72. The van der Waals surface area contributed by atoms with Gasteiger partial charge < -0.3 is 5.73 Å². The monoisotopic (exact) mass is 203 g/mol. The Balaban J connectivity index is 2.27. The molecule has 1 aromatic heterocycles. The number of para-hydroxylation sites is 1. The summed E-state index contributed by atoms with van der Waals surface area (Å²) in [6.07, 6.45) is 4.06. The van der Waals surface area contributed by atoms with Crippen LogP contribution < -0.4 is 5.73 Å². The molecule has 0 bridgehead atoms. The fraction of sp³-hybridized carbons (Fsp3) is 0.417. The predicted molar refractivity (Wildman–Crippen MR) is 62.7 cm³/mol. The van der Waals surface area contributed by atoms with E-state index in [0.29, 0.717) is 6.04 Å². The molecule has 0 saturated heterocycles. The van der Waals surface area contributed by atoms with Gasteiger partial charge in [-0.2, -0.15) is 5.10 Å². The third-order valence-corrected chi connectivity index (χ3v) is 2.75. The fourth-order valence-electron chi connectivity index (χ4n) is 1.88. The van der Waals surface area contributed by atoms with Crippen LogP contribution in [0.2, 0.25) is 0 Å². The van der Waals surface area contributed by atoms with Gasteiger partial charge in [-0.25, -0.2) is 0 Å². The lowest BCUT2D eigenvalue weighted by molar-refractivity contribution is 0.462. The van der Waals surface area contributed by atoms with Crippen LogP contribution >= 0.6 is 0 Å². The van der Waals surface area contributed by atoms with Gasteiger partial charge in [-0.15, -0.1) is 0 Å². The van der Waals surface area contributed by atoms with Crippen molar-refractivity contribution in [1.82, 2.24) is 9.78 Å². The molecular weight excluding hydrogens is 186 g/mol. The minimum Gasteiger partial charge on any atom is -0.330 e. The molecule has 0 spiro atoms. The molecule has 2 rings (SSSR count). The number of rotatable bonds is 4. The van der Waals surface area contributed by atoms with Crippen LogP contribution in [0.4, 0.5) is 0 Å². The van der Waals surface area contributed by atoms with Crippen LogP contribution in [-0.4, -0.2) is 16.3 Å². The maximum Gasteiger partial charge on any atom is 0.0685 e. The molecule has 3 nitrogen and oxygen atoms in total. The number of aromatic nitrogens is 2.